The molecule has 0 saturated heterocycles. The lowest BCUT2D eigenvalue weighted by Crippen LogP contribution is -2.15. The van der Waals surface area contributed by atoms with Crippen LogP contribution >= 0.6 is 0 Å². The standard InChI is InChI=1S/C15H22O2/c1-11(2)17-14-9-7-6-8-12(14)13(16)10-15(3,4)5/h6-9,11H,10H2,1-5H3. The zero-order valence-electron chi connectivity index (χ0n) is 11.4. The summed E-state index contributed by atoms with van der Waals surface area (Å²) in [6, 6.07) is 7.47. The first-order chi connectivity index (χ1) is 7.79. The number of benzene rings is 1. The summed E-state index contributed by atoms with van der Waals surface area (Å²) in [4.78, 5) is 12.2. The fraction of sp³-hybridized carbons (Fsp3) is 0.533. The topological polar surface area (TPSA) is 26.3 Å². The fourth-order valence-corrected chi connectivity index (χ4v) is 1.63. The zero-order chi connectivity index (χ0) is 13.1. The summed E-state index contributed by atoms with van der Waals surface area (Å²) < 4.78 is 5.66. The van der Waals surface area contributed by atoms with Crippen molar-refractivity contribution in [2.45, 2.75) is 47.1 Å². The minimum atomic E-state index is 0.00201. The Morgan fingerprint density at radius 3 is 2.35 bits per heavy atom. The number of hydrogen-bond acceptors (Lipinski definition) is 2. The molecular formula is C15H22O2. The summed E-state index contributed by atoms with van der Waals surface area (Å²) in [6.07, 6.45) is 0.615. The summed E-state index contributed by atoms with van der Waals surface area (Å²) in [6.45, 7) is 10.1. The Labute approximate surface area is 104 Å². The van der Waals surface area contributed by atoms with E-state index in [0.717, 1.165) is 0 Å². The first-order valence-electron chi connectivity index (χ1n) is 6.08. The summed E-state index contributed by atoms with van der Waals surface area (Å²) in [5.74, 6) is 0.838. The quantitative estimate of drug-likeness (QED) is 0.733. The van der Waals surface area contributed by atoms with Crippen LogP contribution in [0.2, 0.25) is 0 Å². The molecule has 0 heterocycles. The third kappa shape index (κ3) is 4.59. The predicted octanol–water partition coefficient (Wildman–Crippen LogP) is 4.09. The van der Waals surface area contributed by atoms with Crippen molar-refractivity contribution in [3.63, 3.8) is 0 Å². The van der Waals surface area contributed by atoms with Crippen LogP contribution in [0.25, 0.3) is 0 Å². The second kappa shape index (κ2) is 5.35. The van der Waals surface area contributed by atoms with Gasteiger partial charge in [0.25, 0.3) is 0 Å². The molecule has 1 aromatic rings. The summed E-state index contributed by atoms with van der Waals surface area (Å²) in [7, 11) is 0. The zero-order valence-corrected chi connectivity index (χ0v) is 11.4. The summed E-state index contributed by atoms with van der Waals surface area (Å²) in [5, 5.41) is 0. The number of ether oxygens (including phenoxy) is 1. The van der Waals surface area contributed by atoms with E-state index >= 15 is 0 Å². The molecule has 0 aromatic heterocycles. The predicted molar refractivity (Wildman–Crippen MR) is 70.6 cm³/mol. The largest absolute Gasteiger partial charge is 0.490 e. The van der Waals surface area contributed by atoms with E-state index < -0.39 is 0 Å². The molecule has 0 fully saturated rings. The van der Waals surface area contributed by atoms with E-state index in [2.05, 4.69) is 20.8 Å². The van der Waals surface area contributed by atoms with Gasteiger partial charge in [-0.15, -0.1) is 0 Å². The Morgan fingerprint density at radius 2 is 1.82 bits per heavy atom. The lowest BCUT2D eigenvalue weighted by Gasteiger charge is -2.19. The van der Waals surface area contributed by atoms with Gasteiger partial charge >= 0.3 is 0 Å². The first kappa shape index (κ1) is 13.8. The highest BCUT2D eigenvalue weighted by atomic mass is 16.5. The number of hydrogen-bond donors (Lipinski definition) is 0. The van der Waals surface area contributed by atoms with Crippen molar-refractivity contribution in [1.29, 1.82) is 0 Å². The van der Waals surface area contributed by atoms with Crippen molar-refractivity contribution in [1.82, 2.24) is 0 Å². The van der Waals surface area contributed by atoms with Crippen LogP contribution in [0.3, 0.4) is 0 Å². The molecule has 94 valence electrons. The van der Waals surface area contributed by atoms with Gasteiger partial charge in [0.15, 0.2) is 5.78 Å². The molecule has 1 rings (SSSR count). The van der Waals surface area contributed by atoms with Gasteiger partial charge in [-0.05, 0) is 31.4 Å². The summed E-state index contributed by atoms with van der Waals surface area (Å²) >= 11 is 0. The lowest BCUT2D eigenvalue weighted by molar-refractivity contribution is 0.0934. The molecule has 0 aliphatic rings. The smallest absolute Gasteiger partial charge is 0.167 e. The molecule has 0 bridgehead atoms. The van der Waals surface area contributed by atoms with Crippen molar-refractivity contribution in [2.24, 2.45) is 5.41 Å². The van der Waals surface area contributed by atoms with Crippen LogP contribution in [0.15, 0.2) is 24.3 Å². The number of rotatable bonds is 4. The molecule has 0 aliphatic carbocycles. The second-order valence-corrected chi connectivity index (χ2v) is 5.82. The third-order valence-electron chi connectivity index (χ3n) is 2.24. The number of ketones is 1. The molecular weight excluding hydrogens is 212 g/mol. The fourth-order valence-electron chi connectivity index (χ4n) is 1.63. The second-order valence-electron chi connectivity index (χ2n) is 5.82. The van der Waals surface area contributed by atoms with Crippen molar-refractivity contribution in [2.75, 3.05) is 0 Å². The molecule has 0 spiro atoms. The van der Waals surface area contributed by atoms with Crippen LogP contribution in [0.4, 0.5) is 0 Å². The molecule has 0 amide bonds. The average Bonchev–Trinajstić information content (AvgIpc) is 2.14. The third-order valence-corrected chi connectivity index (χ3v) is 2.24. The highest BCUT2D eigenvalue weighted by Gasteiger charge is 2.20. The maximum absolute atomic E-state index is 12.2. The van der Waals surface area contributed by atoms with Crippen LogP contribution in [-0.2, 0) is 0 Å². The number of para-hydroxylation sites is 1. The van der Waals surface area contributed by atoms with Gasteiger partial charge in [-0.25, -0.2) is 0 Å². The first-order valence-corrected chi connectivity index (χ1v) is 6.08. The van der Waals surface area contributed by atoms with Gasteiger partial charge in [-0.3, -0.25) is 4.79 Å². The number of carbonyl (C=O) groups is 1. The molecule has 0 atom stereocenters. The maximum Gasteiger partial charge on any atom is 0.167 e. The SMILES string of the molecule is CC(C)Oc1ccccc1C(=O)CC(C)(C)C. The van der Waals surface area contributed by atoms with E-state index in [1.165, 1.54) is 0 Å². The van der Waals surface area contributed by atoms with Gasteiger partial charge in [0.1, 0.15) is 5.75 Å². The van der Waals surface area contributed by atoms with E-state index in [0.29, 0.717) is 17.7 Å². The molecule has 0 radical (unpaired) electrons. The Morgan fingerprint density at radius 1 is 1.24 bits per heavy atom. The van der Waals surface area contributed by atoms with Crippen molar-refractivity contribution in [3.8, 4) is 5.75 Å². The molecule has 0 aliphatic heterocycles. The Bertz CT molecular complexity index is 386. The van der Waals surface area contributed by atoms with Gasteiger partial charge in [0.2, 0.25) is 0 Å². The van der Waals surface area contributed by atoms with Crippen LogP contribution < -0.4 is 4.74 Å². The highest BCUT2D eigenvalue weighted by molar-refractivity contribution is 5.98. The van der Waals surface area contributed by atoms with Gasteiger partial charge < -0.3 is 4.74 Å². The Balaban J connectivity index is 2.93. The van der Waals surface area contributed by atoms with E-state index in [1.807, 2.05) is 38.1 Å². The van der Waals surface area contributed by atoms with E-state index in [-0.39, 0.29) is 17.3 Å². The van der Waals surface area contributed by atoms with Gasteiger partial charge in [-0.1, -0.05) is 32.9 Å². The maximum atomic E-state index is 12.2. The van der Waals surface area contributed by atoms with Crippen molar-refractivity contribution < 1.29 is 9.53 Å². The molecule has 0 unspecified atom stereocenters. The number of Topliss-reactive ketones (excluding diaryl/α,β-unsaturated/α-hetero) is 1. The van der Waals surface area contributed by atoms with E-state index in [1.54, 1.807) is 0 Å². The number of carbonyl (C=O) groups excluding carboxylic acids is 1. The minimum absolute atomic E-state index is 0.00201. The van der Waals surface area contributed by atoms with Crippen LogP contribution in [0.5, 0.6) is 5.75 Å². The monoisotopic (exact) mass is 234 g/mol. The van der Waals surface area contributed by atoms with Crippen molar-refractivity contribution >= 4 is 5.78 Å². The van der Waals surface area contributed by atoms with Crippen molar-refractivity contribution in [3.05, 3.63) is 29.8 Å². The average molecular weight is 234 g/mol. The van der Waals surface area contributed by atoms with Gasteiger partial charge in [-0.2, -0.15) is 0 Å². The van der Waals surface area contributed by atoms with E-state index in [4.69, 9.17) is 4.74 Å². The normalized spacial score (nSPS) is 11.6. The molecule has 1 aromatic carbocycles. The highest BCUT2D eigenvalue weighted by Crippen LogP contribution is 2.26. The van der Waals surface area contributed by atoms with Crippen LogP contribution in [0.1, 0.15) is 51.4 Å². The molecule has 0 N–H and O–H groups in total. The molecule has 17 heavy (non-hydrogen) atoms. The van der Waals surface area contributed by atoms with Gasteiger partial charge in [0.05, 0.1) is 11.7 Å². The lowest BCUT2D eigenvalue weighted by atomic mass is 9.87. The van der Waals surface area contributed by atoms with E-state index in [9.17, 15) is 4.79 Å². The minimum Gasteiger partial charge on any atom is -0.490 e. The van der Waals surface area contributed by atoms with Crippen LogP contribution in [0, 0.1) is 5.41 Å². The molecule has 2 nitrogen and oxygen atoms in total. The van der Waals surface area contributed by atoms with Gasteiger partial charge in [0, 0.05) is 6.42 Å². The van der Waals surface area contributed by atoms with Crippen LogP contribution in [-0.4, -0.2) is 11.9 Å². The molecule has 2 heteroatoms. The molecule has 0 saturated carbocycles. The summed E-state index contributed by atoms with van der Waals surface area (Å²) in [5.41, 5.74) is 0.693. The Kier molecular flexibility index (Phi) is 4.33. The Hall–Kier alpha value is -1.31.